The number of thiazole rings is 1. The molecule has 1 fully saturated rings. The van der Waals surface area contributed by atoms with Crippen molar-refractivity contribution in [3.8, 4) is 0 Å². The summed E-state index contributed by atoms with van der Waals surface area (Å²) in [6.45, 7) is 5.38. The minimum absolute atomic E-state index is 0.464. The quantitative estimate of drug-likeness (QED) is 0.826. The standard InChI is InChI=1S/C11H18N2S/c1-3-12-8(2)10-7-13-11(14-10)9-5-4-6-9/h7-9,12H,3-6H2,1-2H3. The van der Waals surface area contributed by atoms with E-state index < -0.39 is 0 Å². The van der Waals surface area contributed by atoms with Gasteiger partial charge in [-0.05, 0) is 26.3 Å². The monoisotopic (exact) mass is 210 g/mol. The zero-order valence-electron chi connectivity index (χ0n) is 8.92. The number of aromatic nitrogens is 1. The highest BCUT2D eigenvalue weighted by atomic mass is 32.1. The summed E-state index contributed by atoms with van der Waals surface area (Å²) < 4.78 is 0. The van der Waals surface area contributed by atoms with Crippen molar-refractivity contribution in [2.75, 3.05) is 6.54 Å². The molecule has 78 valence electrons. The van der Waals surface area contributed by atoms with E-state index in [-0.39, 0.29) is 0 Å². The molecule has 2 nitrogen and oxygen atoms in total. The number of nitrogens with zero attached hydrogens (tertiary/aromatic N) is 1. The van der Waals surface area contributed by atoms with Crippen LogP contribution in [0.15, 0.2) is 6.20 Å². The zero-order chi connectivity index (χ0) is 9.97. The van der Waals surface area contributed by atoms with Crippen LogP contribution in [0.5, 0.6) is 0 Å². The predicted molar refractivity (Wildman–Crippen MR) is 60.8 cm³/mol. The van der Waals surface area contributed by atoms with Crippen LogP contribution in [0, 0.1) is 0 Å². The fourth-order valence-electron chi connectivity index (χ4n) is 1.75. The van der Waals surface area contributed by atoms with Gasteiger partial charge in [0, 0.05) is 23.0 Å². The molecule has 0 radical (unpaired) electrons. The topological polar surface area (TPSA) is 24.9 Å². The number of nitrogens with one attached hydrogen (secondary N) is 1. The van der Waals surface area contributed by atoms with Crippen LogP contribution in [0.1, 0.15) is 55.0 Å². The largest absolute Gasteiger partial charge is 0.310 e. The minimum Gasteiger partial charge on any atom is -0.310 e. The highest BCUT2D eigenvalue weighted by molar-refractivity contribution is 7.11. The Morgan fingerprint density at radius 3 is 3.00 bits per heavy atom. The number of rotatable bonds is 4. The molecular formula is C11H18N2S. The maximum atomic E-state index is 4.52. The van der Waals surface area contributed by atoms with Gasteiger partial charge < -0.3 is 5.32 Å². The third-order valence-electron chi connectivity index (χ3n) is 2.93. The highest BCUT2D eigenvalue weighted by Gasteiger charge is 2.23. The smallest absolute Gasteiger partial charge is 0.0959 e. The molecule has 1 N–H and O–H groups in total. The van der Waals surface area contributed by atoms with E-state index in [2.05, 4.69) is 24.1 Å². The molecule has 1 aromatic rings. The van der Waals surface area contributed by atoms with Gasteiger partial charge in [-0.15, -0.1) is 11.3 Å². The van der Waals surface area contributed by atoms with Crippen molar-refractivity contribution in [2.45, 2.75) is 45.1 Å². The van der Waals surface area contributed by atoms with Crippen molar-refractivity contribution in [1.29, 1.82) is 0 Å². The van der Waals surface area contributed by atoms with Gasteiger partial charge >= 0.3 is 0 Å². The third kappa shape index (κ3) is 1.98. The van der Waals surface area contributed by atoms with Crippen molar-refractivity contribution < 1.29 is 0 Å². The highest BCUT2D eigenvalue weighted by Crippen LogP contribution is 2.39. The molecular weight excluding hydrogens is 192 g/mol. The van der Waals surface area contributed by atoms with Gasteiger partial charge in [-0.2, -0.15) is 0 Å². The molecule has 1 aliphatic rings. The molecule has 0 spiro atoms. The van der Waals surface area contributed by atoms with E-state index in [1.54, 1.807) is 0 Å². The fourth-order valence-corrected chi connectivity index (χ4v) is 2.87. The predicted octanol–water partition coefficient (Wildman–Crippen LogP) is 3.08. The average Bonchev–Trinajstić information content (AvgIpc) is 2.50. The van der Waals surface area contributed by atoms with Crippen molar-refractivity contribution in [2.24, 2.45) is 0 Å². The van der Waals surface area contributed by atoms with Crippen molar-refractivity contribution in [1.82, 2.24) is 10.3 Å². The molecule has 0 bridgehead atoms. The molecule has 3 heteroatoms. The fraction of sp³-hybridized carbons (Fsp3) is 0.727. The van der Waals surface area contributed by atoms with Gasteiger partial charge in [-0.25, -0.2) is 4.98 Å². The van der Waals surface area contributed by atoms with Crippen LogP contribution in [0.2, 0.25) is 0 Å². The van der Waals surface area contributed by atoms with Gasteiger partial charge in [-0.3, -0.25) is 0 Å². The second-order valence-electron chi connectivity index (χ2n) is 4.01. The first-order valence-corrected chi connectivity index (χ1v) is 6.32. The van der Waals surface area contributed by atoms with Gasteiger partial charge in [0.2, 0.25) is 0 Å². The molecule has 0 saturated heterocycles. The molecule has 1 unspecified atom stereocenters. The second kappa shape index (κ2) is 4.41. The number of hydrogen-bond donors (Lipinski definition) is 1. The van der Waals surface area contributed by atoms with Crippen LogP contribution >= 0.6 is 11.3 Å². The first-order chi connectivity index (χ1) is 6.81. The molecule has 0 aliphatic heterocycles. The van der Waals surface area contributed by atoms with Crippen LogP contribution in [-0.4, -0.2) is 11.5 Å². The summed E-state index contributed by atoms with van der Waals surface area (Å²) in [6.07, 6.45) is 6.14. The zero-order valence-corrected chi connectivity index (χ0v) is 9.73. The summed E-state index contributed by atoms with van der Waals surface area (Å²) in [5.74, 6) is 0.780. The first kappa shape index (κ1) is 10.1. The van der Waals surface area contributed by atoms with E-state index in [0.717, 1.165) is 12.5 Å². The molecule has 1 heterocycles. The van der Waals surface area contributed by atoms with Crippen LogP contribution in [0.25, 0.3) is 0 Å². The Morgan fingerprint density at radius 2 is 2.43 bits per heavy atom. The molecule has 14 heavy (non-hydrogen) atoms. The summed E-state index contributed by atoms with van der Waals surface area (Å²) >= 11 is 1.89. The van der Waals surface area contributed by atoms with Gasteiger partial charge in [0.25, 0.3) is 0 Å². The average molecular weight is 210 g/mol. The van der Waals surface area contributed by atoms with Gasteiger partial charge in [0.1, 0.15) is 0 Å². The maximum absolute atomic E-state index is 4.52. The molecule has 1 saturated carbocycles. The lowest BCUT2D eigenvalue weighted by Crippen LogP contribution is -2.16. The molecule has 0 aromatic carbocycles. The Hall–Kier alpha value is -0.410. The Bertz CT molecular complexity index is 291. The SMILES string of the molecule is CCNC(C)c1cnc(C2CCC2)s1. The summed E-state index contributed by atoms with van der Waals surface area (Å²) in [5, 5.41) is 4.78. The lowest BCUT2D eigenvalue weighted by molar-refractivity contribution is 0.418. The van der Waals surface area contributed by atoms with Crippen LogP contribution < -0.4 is 5.32 Å². The van der Waals surface area contributed by atoms with E-state index in [0.29, 0.717) is 6.04 Å². The second-order valence-corrected chi connectivity index (χ2v) is 5.10. The lowest BCUT2D eigenvalue weighted by atomic mass is 9.86. The Kier molecular flexibility index (Phi) is 3.19. The summed E-state index contributed by atoms with van der Waals surface area (Å²) in [5.41, 5.74) is 0. The molecule has 2 rings (SSSR count). The molecule has 1 atom stereocenters. The third-order valence-corrected chi connectivity index (χ3v) is 4.28. The molecule has 1 aromatic heterocycles. The van der Waals surface area contributed by atoms with E-state index in [4.69, 9.17) is 0 Å². The summed E-state index contributed by atoms with van der Waals surface area (Å²) in [7, 11) is 0. The number of hydrogen-bond acceptors (Lipinski definition) is 3. The van der Waals surface area contributed by atoms with Crippen molar-refractivity contribution >= 4 is 11.3 Å². The van der Waals surface area contributed by atoms with E-state index in [1.807, 2.05) is 17.5 Å². The van der Waals surface area contributed by atoms with Crippen molar-refractivity contribution in [3.63, 3.8) is 0 Å². The molecule has 1 aliphatic carbocycles. The minimum atomic E-state index is 0.464. The Labute approximate surface area is 89.8 Å². The van der Waals surface area contributed by atoms with Crippen molar-refractivity contribution in [3.05, 3.63) is 16.1 Å². The summed E-state index contributed by atoms with van der Waals surface area (Å²) in [4.78, 5) is 5.90. The van der Waals surface area contributed by atoms with Gasteiger partial charge in [0.05, 0.1) is 5.01 Å². The molecule has 0 amide bonds. The van der Waals surface area contributed by atoms with E-state index in [9.17, 15) is 0 Å². The van der Waals surface area contributed by atoms with E-state index >= 15 is 0 Å². The Balaban J connectivity index is 2.01. The van der Waals surface area contributed by atoms with Gasteiger partial charge in [0.15, 0.2) is 0 Å². The lowest BCUT2D eigenvalue weighted by Gasteiger charge is -2.22. The van der Waals surface area contributed by atoms with Crippen LogP contribution in [0.4, 0.5) is 0 Å². The maximum Gasteiger partial charge on any atom is 0.0959 e. The Morgan fingerprint density at radius 1 is 1.64 bits per heavy atom. The summed E-state index contributed by atoms with van der Waals surface area (Å²) in [6, 6.07) is 0.464. The van der Waals surface area contributed by atoms with Crippen LogP contribution in [0.3, 0.4) is 0 Å². The van der Waals surface area contributed by atoms with Gasteiger partial charge in [-0.1, -0.05) is 13.3 Å². The normalized spacial score (nSPS) is 19.3. The first-order valence-electron chi connectivity index (χ1n) is 5.50. The van der Waals surface area contributed by atoms with E-state index in [1.165, 1.54) is 29.1 Å². The van der Waals surface area contributed by atoms with Crippen LogP contribution in [-0.2, 0) is 0 Å².